The van der Waals surface area contributed by atoms with E-state index in [0.717, 1.165) is 18.5 Å². The van der Waals surface area contributed by atoms with Crippen LogP contribution in [0.2, 0.25) is 0 Å². The van der Waals surface area contributed by atoms with Crippen LogP contribution in [-0.2, 0) is 6.42 Å². The first-order chi connectivity index (χ1) is 6.56. The van der Waals surface area contributed by atoms with E-state index in [9.17, 15) is 4.79 Å². The molecule has 1 aromatic heterocycles. The zero-order chi connectivity index (χ0) is 10.7. The van der Waals surface area contributed by atoms with Gasteiger partial charge in [0.05, 0.1) is 9.26 Å². The summed E-state index contributed by atoms with van der Waals surface area (Å²) in [6.45, 7) is 2.08. The molecule has 0 fully saturated rings. The van der Waals surface area contributed by atoms with E-state index in [1.807, 2.05) is 36.7 Å². The standard InChI is InChI=1S/C9H14IN3O/c1-4-5-6-7(10)8(14)12-9(11-6)13(2)3/h4-5H2,1-3H3,(H,11,12,14). The first-order valence-corrected chi connectivity index (χ1v) is 5.60. The molecule has 0 aliphatic rings. The number of aromatic nitrogens is 2. The van der Waals surface area contributed by atoms with Crippen molar-refractivity contribution in [3.8, 4) is 0 Å². The van der Waals surface area contributed by atoms with Crippen molar-refractivity contribution in [3.63, 3.8) is 0 Å². The number of aromatic amines is 1. The minimum absolute atomic E-state index is 0.0484. The summed E-state index contributed by atoms with van der Waals surface area (Å²) >= 11 is 2.04. The molecule has 0 unspecified atom stereocenters. The molecule has 0 spiro atoms. The maximum Gasteiger partial charge on any atom is 0.265 e. The minimum Gasteiger partial charge on any atom is -0.348 e. The van der Waals surface area contributed by atoms with Gasteiger partial charge in [0.15, 0.2) is 0 Å². The number of H-pyrrole nitrogens is 1. The summed E-state index contributed by atoms with van der Waals surface area (Å²) in [4.78, 5) is 20.4. The van der Waals surface area contributed by atoms with Gasteiger partial charge >= 0.3 is 0 Å². The molecule has 0 radical (unpaired) electrons. The molecule has 0 bridgehead atoms. The lowest BCUT2D eigenvalue weighted by atomic mass is 10.2. The van der Waals surface area contributed by atoms with Crippen LogP contribution in [0, 0.1) is 3.57 Å². The van der Waals surface area contributed by atoms with Crippen molar-refractivity contribution < 1.29 is 0 Å². The SMILES string of the molecule is CCCc1nc(N(C)C)[nH]c(=O)c1I. The normalized spacial score (nSPS) is 10.3. The largest absolute Gasteiger partial charge is 0.348 e. The maximum atomic E-state index is 11.5. The number of aryl methyl sites for hydroxylation is 1. The summed E-state index contributed by atoms with van der Waals surface area (Å²) in [5.74, 6) is 0.624. The second kappa shape index (κ2) is 4.77. The Bertz CT molecular complexity index is 373. The van der Waals surface area contributed by atoms with Gasteiger partial charge in [-0.3, -0.25) is 9.78 Å². The minimum atomic E-state index is -0.0484. The third kappa shape index (κ3) is 2.46. The van der Waals surface area contributed by atoms with E-state index in [0.29, 0.717) is 9.52 Å². The Labute approximate surface area is 96.9 Å². The Kier molecular flexibility index (Phi) is 3.91. The summed E-state index contributed by atoms with van der Waals surface area (Å²) in [6.07, 6.45) is 1.85. The van der Waals surface area contributed by atoms with Gasteiger partial charge in [-0.1, -0.05) is 13.3 Å². The van der Waals surface area contributed by atoms with Crippen molar-refractivity contribution in [2.24, 2.45) is 0 Å². The highest BCUT2D eigenvalue weighted by atomic mass is 127. The van der Waals surface area contributed by atoms with Gasteiger partial charge in [0, 0.05) is 14.1 Å². The lowest BCUT2D eigenvalue weighted by molar-refractivity contribution is 0.843. The van der Waals surface area contributed by atoms with Gasteiger partial charge < -0.3 is 4.90 Å². The molecule has 0 amide bonds. The van der Waals surface area contributed by atoms with Crippen LogP contribution in [0.3, 0.4) is 0 Å². The monoisotopic (exact) mass is 307 g/mol. The van der Waals surface area contributed by atoms with E-state index in [-0.39, 0.29) is 5.56 Å². The van der Waals surface area contributed by atoms with Crippen molar-refractivity contribution >= 4 is 28.5 Å². The lowest BCUT2D eigenvalue weighted by Crippen LogP contribution is -2.22. The molecule has 0 aliphatic carbocycles. The fourth-order valence-corrected chi connectivity index (χ4v) is 1.63. The lowest BCUT2D eigenvalue weighted by Gasteiger charge is -2.12. The first kappa shape index (κ1) is 11.5. The Morgan fingerprint density at radius 3 is 2.64 bits per heavy atom. The average Bonchev–Trinajstić information content (AvgIpc) is 2.12. The van der Waals surface area contributed by atoms with Crippen molar-refractivity contribution in [2.75, 3.05) is 19.0 Å². The number of hydrogen-bond acceptors (Lipinski definition) is 3. The molecule has 1 rings (SSSR count). The van der Waals surface area contributed by atoms with Crippen LogP contribution in [0.15, 0.2) is 4.79 Å². The van der Waals surface area contributed by atoms with Gasteiger partial charge in [0.2, 0.25) is 5.95 Å². The van der Waals surface area contributed by atoms with Crippen LogP contribution in [0.25, 0.3) is 0 Å². The van der Waals surface area contributed by atoms with Crippen LogP contribution in [-0.4, -0.2) is 24.1 Å². The van der Waals surface area contributed by atoms with Crippen LogP contribution in [0.1, 0.15) is 19.0 Å². The van der Waals surface area contributed by atoms with Crippen molar-refractivity contribution in [3.05, 3.63) is 19.6 Å². The second-order valence-electron chi connectivity index (χ2n) is 3.29. The van der Waals surface area contributed by atoms with Crippen LogP contribution in [0.5, 0.6) is 0 Å². The smallest absolute Gasteiger partial charge is 0.265 e. The number of anilines is 1. The number of nitrogens with one attached hydrogen (secondary N) is 1. The predicted octanol–water partition coefficient (Wildman–Crippen LogP) is 1.39. The van der Waals surface area contributed by atoms with E-state index in [2.05, 4.69) is 16.9 Å². The van der Waals surface area contributed by atoms with Crippen molar-refractivity contribution in [2.45, 2.75) is 19.8 Å². The molecule has 0 saturated heterocycles. The Balaban J connectivity index is 3.21. The van der Waals surface area contributed by atoms with Gasteiger partial charge in [-0.2, -0.15) is 0 Å². The summed E-state index contributed by atoms with van der Waals surface area (Å²) in [5, 5.41) is 0. The Morgan fingerprint density at radius 1 is 1.50 bits per heavy atom. The van der Waals surface area contributed by atoms with Gasteiger partial charge in [0.25, 0.3) is 5.56 Å². The Morgan fingerprint density at radius 2 is 2.14 bits per heavy atom. The fourth-order valence-electron chi connectivity index (χ4n) is 1.11. The third-order valence-corrected chi connectivity index (χ3v) is 2.94. The van der Waals surface area contributed by atoms with Gasteiger partial charge in [0.1, 0.15) is 0 Å². The van der Waals surface area contributed by atoms with Crippen LogP contribution < -0.4 is 10.5 Å². The number of rotatable bonds is 3. The third-order valence-electron chi connectivity index (χ3n) is 1.83. The van der Waals surface area contributed by atoms with E-state index < -0.39 is 0 Å². The van der Waals surface area contributed by atoms with E-state index in [1.165, 1.54) is 0 Å². The molecule has 0 aliphatic heterocycles. The summed E-state index contributed by atoms with van der Waals surface area (Å²) in [7, 11) is 3.72. The molecule has 14 heavy (non-hydrogen) atoms. The first-order valence-electron chi connectivity index (χ1n) is 4.52. The van der Waals surface area contributed by atoms with E-state index in [4.69, 9.17) is 0 Å². The summed E-state index contributed by atoms with van der Waals surface area (Å²) < 4.78 is 0.704. The molecular formula is C9H14IN3O. The van der Waals surface area contributed by atoms with Gasteiger partial charge in [-0.25, -0.2) is 4.98 Å². The van der Waals surface area contributed by atoms with Crippen molar-refractivity contribution in [1.82, 2.24) is 9.97 Å². The van der Waals surface area contributed by atoms with Crippen LogP contribution >= 0.6 is 22.6 Å². The highest BCUT2D eigenvalue weighted by Crippen LogP contribution is 2.10. The zero-order valence-electron chi connectivity index (χ0n) is 8.59. The van der Waals surface area contributed by atoms with Crippen LogP contribution in [0.4, 0.5) is 5.95 Å². The molecule has 0 aromatic carbocycles. The van der Waals surface area contributed by atoms with E-state index in [1.54, 1.807) is 4.90 Å². The summed E-state index contributed by atoms with van der Waals surface area (Å²) in [5.41, 5.74) is 0.841. The van der Waals surface area contributed by atoms with Crippen molar-refractivity contribution in [1.29, 1.82) is 0 Å². The van der Waals surface area contributed by atoms with Gasteiger partial charge in [-0.15, -0.1) is 0 Å². The molecule has 0 saturated carbocycles. The average molecular weight is 307 g/mol. The fraction of sp³-hybridized carbons (Fsp3) is 0.556. The molecule has 1 heterocycles. The molecule has 78 valence electrons. The highest BCUT2D eigenvalue weighted by Gasteiger charge is 2.08. The van der Waals surface area contributed by atoms with Gasteiger partial charge in [-0.05, 0) is 29.0 Å². The molecule has 1 aromatic rings. The zero-order valence-corrected chi connectivity index (χ0v) is 10.8. The highest BCUT2D eigenvalue weighted by molar-refractivity contribution is 14.1. The predicted molar refractivity (Wildman–Crippen MR) is 65.9 cm³/mol. The maximum absolute atomic E-state index is 11.5. The topological polar surface area (TPSA) is 49.0 Å². The molecule has 1 N–H and O–H groups in total. The Hall–Kier alpha value is -0.590. The van der Waals surface area contributed by atoms with E-state index >= 15 is 0 Å². The summed E-state index contributed by atoms with van der Waals surface area (Å²) in [6, 6.07) is 0. The molecule has 0 atom stereocenters. The number of halogens is 1. The second-order valence-corrected chi connectivity index (χ2v) is 4.37. The number of nitrogens with zero attached hydrogens (tertiary/aromatic N) is 2. The molecule has 4 nitrogen and oxygen atoms in total. The molecule has 5 heteroatoms. The molecular weight excluding hydrogens is 293 g/mol. The number of hydrogen-bond donors (Lipinski definition) is 1. The quantitative estimate of drug-likeness (QED) is 0.859.